The van der Waals surface area contributed by atoms with Gasteiger partial charge in [-0.1, -0.05) is 29.8 Å². The zero-order valence-corrected chi connectivity index (χ0v) is 15.5. The topological polar surface area (TPSA) is 71.0 Å². The largest absolute Gasteiger partial charge is 0.494 e. The fraction of sp³-hybridized carbons (Fsp3) is 0.286. The SMILES string of the molecule is CCOc1ccc(N2C[C@H](C(=O)N/N=C\c3ccc(C)cc3)CC2=O)cc1. The highest BCUT2D eigenvalue weighted by atomic mass is 16.5. The third-order valence-corrected chi connectivity index (χ3v) is 4.42. The number of hydrogen-bond acceptors (Lipinski definition) is 4. The minimum absolute atomic E-state index is 0.0678. The molecule has 0 bridgehead atoms. The lowest BCUT2D eigenvalue weighted by atomic mass is 10.1. The van der Waals surface area contributed by atoms with Crippen molar-refractivity contribution in [1.82, 2.24) is 5.43 Å². The zero-order chi connectivity index (χ0) is 19.2. The van der Waals surface area contributed by atoms with E-state index in [4.69, 9.17) is 4.74 Å². The first kappa shape index (κ1) is 18.6. The van der Waals surface area contributed by atoms with E-state index < -0.39 is 5.92 Å². The Morgan fingerprint density at radius 2 is 1.93 bits per heavy atom. The monoisotopic (exact) mass is 365 g/mol. The zero-order valence-electron chi connectivity index (χ0n) is 15.5. The van der Waals surface area contributed by atoms with Crippen LogP contribution in [0.2, 0.25) is 0 Å². The number of aryl methyl sites for hydroxylation is 1. The van der Waals surface area contributed by atoms with Crippen molar-refractivity contribution in [2.75, 3.05) is 18.1 Å². The molecule has 3 rings (SSSR count). The van der Waals surface area contributed by atoms with E-state index in [9.17, 15) is 9.59 Å². The van der Waals surface area contributed by atoms with Crippen molar-refractivity contribution in [3.05, 3.63) is 59.7 Å². The molecule has 0 aliphatic carbocycles. The maximum absolute atomic E-state index is 12.3. The van der Waals surface area contributed by atoms with E-state index >= 15 is 0 Å². The van der Waals surface area contributed by atoms with Crippen LogP contribution in [0.3, 0.4) is 0 Å². The van der Waals surface area contributed by atoms with Gasteiger partial charge in [0.1, 0.15) is 5.75 Å². The van der Waals surface area contributed by atoms with Gasteiger partial charge in [-0.2, -0.15) is 5.10 Å². The normalized spacial score (nSPS) is 16.7. The molecule has 0 saturated carbocycles. The second-order valence-corrected chi connectivity index (χ2v) is 6.48. The minimum Gasteiger partial charge on any atom is -0.494 e. The van der Waals surface area contributed by atoms with Crippen LogP contribution in [0.25, 0.3) is 0 Å². The van der Waals surface area contributed by atoms with Crippen LogP contribution in [0.15, 0.2) is 53.6 Å². The van der Waals surface area contributed by atoms with Crippen LogP contribution in [-0.4, -0.2) is 31.2 Å². The summed E-state index contributed by atoms with van der Waals surface area (Å²) in [4.78, 5) is 26.3. The highest BCUT2D eigenvalue weighted by molar-refractivity contribution is 6.00. The number of anilines is 1. The standard InChI is InChI=1S/C21H23N3O3/c1-3-27-19-10-8-18(9-11-19)24-14-17(12-20(24)25)21(26)23-22-13-16-6-4-15(2)5-7-16/h4-11,13,17H,3,12,14H2,1-2H3,(H,23,26)/b22-13-/t17-/m1/s1. The van der Waals surface area contributed by atoms with Gasteiger partial charge < -0.3 is 9.64 Å². The van der Waals surface area contributed by atoms with Crippen LogP contribution in [-0.2, 0) is 9.59 Å². The van der Waals surface area contributed by atoms with Gasteiger partial charge in [0, 0.05) is 18.7 Å². The van der Waals surface area contributed by atoms with Crippen LogP contribution >= 0.6 is 0 Å². The smallest absolute Gasteiger partial charge is 0.245 e. The number of benzene rings is 2. The van der Waals surface area contributed by atoms with E-state index in [1.54, 1.807) is 11.1 Å². The number of hydrazone groups is 1. The molecule has 2 aromatic carbocycles. The van der Waals surface area contributed by atoms with Gasteiger partial charge in [0.2, 0.25) is 11.8 Å². The van der Waals surface area contributed by atoms with E-state index in [1.807, 2.05) is 62.4 Å². The molecule has 6 heteroatoms. The fourth-order valence-electron chi connectivity index (χ4n) is 2.94. The molecule has 2 aromatic rings. The summed E-state index contributed by atoms with van der Waals surface area (Å²) >= 11 is 0. The van der Waals surface area contributed by atoms with Gasteiger partial charge in [-0.25, -0.2) is 5.43 Å². The second-order valence-electron chi connectivity index (χ2n) is 6.48. The van der Waals surface area contributed by atoms with Gasteiger partial charge in [-0.05, 0) is 43.7 Å². The lowest BCUT2D eigenvalue weighted by Gasteiger charge is -2.17. The number of nitrogens with one attached hydrogen (secondary N) is 1. The second kappa shape index (κ2) is 8.49. The average Bonchev–Trinajstić information content (AvgIpc) is 3.06. The number of amides is 2. The third-order valence-electron chi connectivity index (χ3n) is 4.42. The summed E-state index contributed by atoms with van der Waals surface area (Å²) in [5, 5.41) is 4.00. The van der Waals surface area contributed by atoms with Crippen LogP contribution < -0.4 is 15.1 Å². The Hall–Kier alpha value is -3.15. The van der Waals surface area contributed by atoms with Gasteiger partial charge in [-0.15, -0.1) is 0 Å². The van der Waals surface area contributed by atoms with Crippen LogP contribution in [0.5, 0.6) is 5.75 Å². The first-order valence-corrected chi connectivity index (χ1v) is 8.99. The summed E-state index contributed by atoms with van der Waals surface area (Å²) in [6.45, 7) is 4.87. The van der Waals surface area contributed by atoms with Crippen molar-refractivity contribution in [3.63, 3.8) is 0 Å². The van der Waals surface area contributed by atoms with E-state index in [0.29, 0.717) is 13.2 Å². The molecule has 140 valence electrons. The molecule has 0 spiro atoms. The van der Waals surface area contributed by atoms with Crippen molar-refractivity contribution in [2.45, 2.75) is 20.3 Å². The number of carbonyl (C=O) groups excluding carboxylic acids is 2. The molecule has 1 atom stereocenters. The van der Waals surface area contributed by atoms with Gasteiger partial charge in [0.05, 0.1) is 18.7 Å². The van der Waals surface area contributed by atoms with Crippen LogP contribution in [0, 0.1) is 12.8 Å². The Balaban J connectivity index is 1.57. The Bertz CT molecular complexity index is 829. The van der Waals surface area contributed by atoms with E-state index in [0.717, 1.165) is 22.6 Å². The fourth-order valence-corrected chi connectivity index (χ4v) is 2.94. The predicted octanol–water partition coefficient (Wildman–Crippen LogP) is 2.90. The van der Waals surface area contributed by atoms with Crippen molar-refractivity contribution in [1.29, 1.82) is 0 Å². The third kappa shape index (κ3) is 4.73. The van der Waals surface area contributed by atoms with E-state index in [-0.39, 0.29) is 18.2 Å². The predicted molar refractivity (Wildman–Crippen MR) is 105 cm³/mol. The van der Waals surface area contributed by atoms with Crippen LogP contribution in [0.1, 0.15) is 24.5 Å². The van der Waals surface area contributed by atoms with E-state index in [1.165, 1.54) is 0 Å². The van der Waals surface area contributed by atoms with Gasteiger partial charge >= 0.3 is 0 Å². The number of rotatable bonds is 6. The summed E-state index contributed by atoms with van der Waals surface area (Å²) in [6, 6.07) is 15.1. The average molecular weight is 365 g/mol. The lowest BCUT2D eigenvalue weighted by Crippen LogP contribution is -2.30. The molecule has 0 radical (unpaired) electrons. The number of carbonyl (C=O) groups is 2. The maximum atomic E-state index is 12.3. The molecular formula is C21H23N3O3. The number of ether oxygens (including phenoxy) is 1. The number of hydrogen-bond donors (Lipinski definition) is 1. The molecule has 1 N–H and O–H groups in total. The summed E-state index contributed by atoms with van der Waals surface area (Å²) in [5.74, 6) is 0.0221. The summed E-state index contributed by atoms with van der Waals surface area (Å²) in [5.41, 5.74) is 5.37. The Labute approximate surface area is 158 Å². The minimum atomic E-state index is -0.417. The first-order valence-electron chi connectivity index (χ1n) is 8.99. The number of nitrogens with zero attached hydrogens (tertiary/aromatic N) is 2. The van der Waals surface area contributed by atoms with Crippen LogP contribution in [0.4, 0.5) is 5.69 Å². The van der Waals surface area contributed by atoms with Crippen molar-refractivity contribution in [2.24, 2.45) is 11.0 Å². The molecule has 1 aliphatic rings. The van der Waals surface area contributed by atoms with Crippen molar-refractivity contribution >= 4 is 23.7 Å². The quantitative estimate of drug-likeness (QED) is 0.632. The molecule has 0 unspecified atom stereocenters. The lowest BCUT2D eigenvalue weighted by molar-refractivity contribution is -0.126. The van der Waals surface area contributed by atoms with Crippen molar-refractivity contribution in [3.8, 4) is 5.75 Å². The molecule has 1 heterocycles. The summed E-state index contributed by atoms with van der Waals surface area (Å²) in [6.07, 6.45) is 1.78. The summed E-state index contributed by atoms with van der Waals surface area (Å²) < 4.78 is 5.41. The summed E-state index contributed by atoms with van der Waals surface area (Å²) in [7, 11) is 0. The molecular weight excluding hydrogens is 342 g/mol. The first-order chi connectivity index (χ1) is 13.1. The molecule has 6 nitrogen and oxygen atoms in total. The van der Waals surface area contributed by atoms with Gasteiger partial charge in [0.25, 0.3) is 0 Å². The molecule has 2 amide bonds. The molecule has 27 heavy (non-hydrogen) atoms. The highest BCUT2D eigenvalue weighted by Crippen LogP contribution is 2.27. The molecule has 1 fully saturated rings. The van der Waals surface area contributed by atoms with Gasteiger partial charge in [-0.3, -0.25) is 9.59 Å². The molecule has 1 saturated heterocycles. The maximum Gasteiger partial charge on any atom is 0.245 e. The molecule has 1 aliphatic heterocycles. The highest BCUT2D eigenvalue weighted by Gasteiger charge is 2.35. The van der Waals surface area contributed by atoms with Gasteiger partial charge in [0.15, 0.2) is 0 Å². The Morgan fingerprint density at radius 1 is 1.22 bits per heavy atom. The molecule has 0 aromatic heterocycles. The van der Waals surface area contributed by atoms with E-state index in [2.05, 4.69) is 10.5 Å². The Morgan fingerprint density at radius 3 is 2.59 bits per heavy atom. The Kier molecular flexibility index (Phi) is 5.86. The van der Waals surface area contributed by atoms with Crippen molar-refractivity contribution < 1.29 is 14.3 Å².